The van der Waals surface area contributed by atoms with Gasteiger partial charge in [-0.2, -0.15) is 0 Å². The first-order valence-electron chi connectivity index (χ1n) is 8.08. The molecule has 1 saturated carbocycles. The van der Waals surface area contributed by atoms with Crippen LogP contribution in [0, 0.1) is 0 Å². The van der Waals surface area contributed by atoms with Crippen molar-refractivity contribution in [1.82, 2.24) is 10.1 Å². The number of nitrogens with zero attached hydrogens (tertiary/aromatic N) is 2. The van der Waals surface area contributed by atoms with Crippen LogP contribution < -0.4 is 0 Å². The predicted molar refractivity (Wildman–Crippen MR) is 87.5 cm³/mol. The summed E-state index contributed by atoms with van der Waals surface area (Å²) in [5, 5.41) is 13.6. The lowest BCUT2D eigenvalue weighted by atomic mass is 9.80. The Bertz CT molecular complexity index is 732. The van der Waals surface area contributed by atoms with Gasteiger partial charge in [0.05, 0.1) is 0 Å². The predicted octanol–water partition coefficient (Wildman–Crippen LogP) is 3.20. The smallest absolute Gasteiger partial charge is 0.329 e. The third kappa shape index (κ3) is 2.79. The Hall–Kier alpha value is -2.63. The summed E-state index contributed by atoms with van der Waals surface area (Å²) in [5.74, 6) is -1.35. The van der Waals surface area contributed by atoms with E-state index in [2.05, 4.69) is 5.16 Å². The SMILES string of the molecule is CN(C(=O)c1cc(-c2ccccc2)no1)C1(C(=O)O)CCCCC1. The van der Waals surface area contributed by atoms with E-state index in [9.17, 15) is 14.7 Å². The highest BCUT2D eigenvalue weighted by atomic mass is 16.5. The lowest BCUT2D eigenvalue weighted by molar-refractivity contribution is -0.151. The summed E-state index contributed by atoms with van der Waals surface area (Å²) < 4.78 is 5.18. The van der Waals surface area contributed by atoms with Gasteiger partial charge in [-0.1, -0.05) is 54.8 Å². The molecule has 0 aliphatic heterocycles. The Kier molecular flexibility index (Phi) is 4.38. The average molecular weight is 328 g/mol. The van der Waals surface area contributed by atoms with E-state index in [0.717, 1.165) is 24.8 Å². The molecular weight excluding hydrogens is 308 g/mol. The average Bonchev–Trinajstić information content (AvgIpc) is 3.12. The molecule has 1 amide bonds. The number of aliphatic carboxylic acids is 1. The van der Waals surface area contributed by atoms with Crippen LogP contribution in [0.1, 0.15) is 42.7 Å². The third-order valence-corrected chi connectivity index (χ3v) is 4.82. The number of carboxylic acid groups (broad SMARTS) is 1. The summed E-state index contributed by atoms with van der Waals surface area (Å²) in [7, 11) is 1.53. The molecule has 0 unspecified atom stereocenters. The molecule has 1 fully saturated rings. The molecule has 24 heavy (non-hydrogen) atoms. The fourth-order valence-electron chi connectivity index (χ4n) is 3.31. The second-order valence-electron chi connectivity index (χ2n) is 6.20. The highest BCUT2D eigenvalue weighted by Crippen LogP contribution is 2.34. The van der Waals surface area contributed by atoms with E-state index in [-0.39, 0.29) is 5.76 Å². The van der Waals surface area contributed by atoms with Gasteiger partial charge in [-0.05, 0) is 12.8 Å². The van der Waals surface area contributed by atoms with E-state index in [1.165, 1.54) is 11.9 Å². The molecule has 3 rings (SSSR count). The molecule has 0 spiro atoms. The third-order valence-electron chi connectivity index (χ3n) is 4.82. The second kappa shape index (κ2) is 6.47. The lowest BCUT2D eigenvalue weighted by Crippen LogP contribution is -2.56. The Labute approximate surface area is 140 Å². The van der Waals surface area contributed by atoms with E-state index >= 15 is 0 Å². The summed E-state index contributed by atoms with van der Waals surface area (Å²) in [6.07, 6.45) is 3.53. The number of hydrogen-bond donors (Lipinski definition) is 1. The van der Waals surface area contributed by atoms with Gasteiger partial charge in [0.1, 0.15) is 11.2 Å². The van der Waals surface area contributed by atoms with Crippen LogP contribution in [0.5, 0.6) is 0 Å². The molecule has 0 saturated heterocycles. The summed E-state index contributed by atoms with van der Waals surface area (Å²) in [5.41, 5.74) is 0.239. The quantitative estimate of drug-likeness (QED) is 0.932. The van der Waals surface area contributed by atoms with Gasteiger partial charge in [0.25, 0.3) is 5.91 Å². The molecule has 1 aromatic heterocycles. The van der Waals surface area contributed by atoms with Crippen LogP contribution >= 0.6 is 0 Å². The summed E-state index contributed by atoms with van der Waals surface area (Å²) in [4.78, 5) is 25.9. The molecule has 1 aliphatic carbocycles. The van der Waals surface area contributed by atoms with Gasteiger partial charge in [0.15, 0.2) is 0 Å². The molecule has 0 radical (unpaired) electrons. The molecule has 1 aliphatic rings. The number of carbonyl (C=O) groups excluding carboxylic acids is 1. The summed E-state index contributed by atoms with van der Waals surface area (Å²) >= 11 is 0. The minimum Gasteiger partial charge on any atom is -0.479 e. The fraction of sp³-hybridized carbons (Fsp3) is 0.389. The Morgan fingerprint density at radius 3 is 2.46 bits per heavy atom. The number of likely N-dealkylation sites (N-methyl/N-ethyl adjacent to an activating group) is 1. The fourth-order valence-corrected chi connectivity index (χ4v) is 3.31. The number of hydrogen-bond acceptors (Lipinski definition) is 4. The maximum absolute atomic E-state index is 12.7. The monoisotopic (exact) mass is 328 g/mol. The zero-order chi connectivity index (χ0) is 17.2. The van der Waals surface area contributed by atoms with E-state index < -0.39 is 17.4 Å². The van der Waals surface area contributed by atoms with E-state index in [1.807, 2.05) is 30.3 Å². The van der Waals surface area contributed by atoms with Gasteiger partial charge < -0.3 is 14.5 Å². The maximum Gasteiger partial charge on any atom is 0.329 e. The topological polar surface area (TPSA) is 83.6 Å². The zero-order valence-electron chi connectivity index (χ0n) is 13.6. The number of rotatable bonds is 4. The molecule has 0 bridgehead atoms. The minimum absolute atomic E-state index is 0.0579. The van der Waals surface area contributed by atoms with Gasteiger partial charge in [-0.25, -0.2) is 4.79 Å². The summed E-state index contributed by atoms with van der Waals surface area (Å²) in [6.45, 7) is 0. The van der Waals surface area contributed by atoms with Gasteiger partial charge in [0, 0.05) is 18.7 Å². The van der Waals surface area contributed by atoms with Gasteiger partial charge in [0.2, 0.25) is 5.76 Å². The van der Waals surface area contributed by atoms with Crippen LogP contribution in [0.25, 0.3) is 11.3 Å². The largest absolute Gasteiger partial charge is 0.479 e. The molecule has 2 aromatic rings. The van der Waals surface area contributed by atoms with Crippen molar-refractivity contribution in [2.75, 3.05) is 7.05 Å². The number of amides is 1. The van der Waals surface area contributed by atoms with Crippen molar-refractivity contribution in [3.05, 3.63) is 42.2 Å². The molecule has 1 N–H and O–H groups in total. The van der Waals surface area contributed by atoms with Gasteiger partial charge in [-0.15, -0.1) is 0 Å². The van der Waals surface area contributed by atoms with Crippen molar-refractivity contribution in [3.63, 3.8) is 0 Å². The molecule has 126 valence electrons. The molecule has 6 heteroatoms. The van der Waals surface area contributed by atoms with Crippen molar-refractivity contribution in [1.29, 1.82) is 0 Å². The number of carboxylic acids is 1. The normalized spacial score (nSPS) is 16.5. The number of benzene rings is 1. The molecule has 6 nitrogen and oxygen atoms in total. The number of carbonyl (C=O) groups is 2. The van der Waals surface area contributed by atoms with Gasteiger partial charge in [-0.3, -0.25) is 4.79 Å². The van der Waals surface area contributed by atoms with Crippen LogP contribution in [-0.4, -0.2) is 39.6 Å². The van der Waals surface area contributed by atoms with Crippen molar-refractivity contribution < 1.29 is 19.2 Å². The van der Waals surface area contributed by atoms with Crippen LogP contribution in [0.15, 0.2) is 40.9 Å². The van der Waals surface area contributed by atoms with Crippen LogP contribution in [0.2, 0.25) is 0 Å². The molecule has 0 atom stereocenters. The van der Waals surface area contributed by atoms with Crippen molar-refractivity contribution in [2.45, 2.75) is 37.6 Å². The summed E-state index contributed by atoms with van der Waals surface area (Å²) in [6, 6.07) is 10.9. The Balaban J connectivity index is 1.86. The Morgan fingerprint density at radius 1 is 1.17 bits per heavy atom. The standard InChI is InChI=1S/C18H20N2O4/c1-20(18(17(22)23)10-6-3-7-11-18)16(21)15-12-14(19-24-15)13-8-4-2-5-9-13/h2,4-5,8-9,12H,3,6-7,10-11H2,1H3,(H,22,23). The van der Waals surface area contributed by atoms with Crippen molar-refractivity contribution >= 4 is 11.9 Å². The minimum atomic E-state index is -1.16. The van der Waals surface area contributed by atoms with E-state index in [4.69, 9.17) is 4.52 Å². The first kappa shape index (κ1) is 16.2. The number of aromatic nitrogens is 1. The molecule has 1 heterocycles. The highest BCUT2D eigenvalue weighted by Gasteiger charge is 2.46. The first-order chi connectivity index (χ1) is 11.5. The van der Waals surface area contributed by atoms with Gasteiger partial charge >= 0.3 is 5.97 Å². The van der Waals surface area contributed by atoms with E-state index in [0.29, 0.717) is 18.5 Å². The van der Waals surface area contributed by atoms with Crippen LogP contribution in [0.3, 0.4) is 0 Å². The van der Waals surface area contributed by atoms with Crippen molar-refractivity contribution in [2.24, 2.45) is 0 Å². The lowest BCUT2D eigenvalue weighted by Gasteiger charge is -2.40. The Morgan fingerprint density at radius 2 is 1.83 bits per heavy atom. The van der Waals surface area contributed by atoms with Crippen LogP contribution in [0.4, 0.5) is 0 Å². The molecule has 1 aromatic carbocycles. The van der Waals surface area contributed by atoms with Crippen LogP contribution in [-0.2, 0) is 4.79 Å². The van der Waals surface area contributed by atoms with E-state index in [1.54, 1.807) is 6.07 Å². The molecular formula is C18H20N2O4. The first-order valence-corrected chi connectivity index (χ1v) is 8.08. The highest BCUT2D eigenvalue weighted by molar-refractivity contribution is 5.96. The zero-order valence-corrected chi connectivity index (χ0v) is 13.6. The second-order valence-corrected chi connectivity index (χ2v) is 6.20. The van der Waals surface area contributed by atoms with Crippen molar-refractivity contribution in [3.8, 4) is 11.3 Å². The maximum atomic E-state index is 12.7.